The quantitative estimate of drug-likeness (QED) is 0.268. The molecule has 1 aromatic carbocycles. The Balaban J connectivity index is 2.23. The van der Waals surface area contributed by atoms with E-state index in [1.807, 2.05) is 32.1 Å². The number of allylic oxidation sites excluding steroid dienone is 15. The number of nitrogens with two attached hydrogens (primary N) is 1. The van der Waals surface area contributed by atoms with E-state index < -0.39 is 0 Å². The van der Waals surface area contributed by atoms with Crippen LogP contribution < -0.4 is 16.2 Å². The van der Waals surface area contributed by atoms with E-state index in [1.165, 1.54) is 22.3 Å². The molecule has 3 N–H and O–H groups in total. The highest BCUT2D eigenvalue weighted by Crippen LogP contribution is 2.37. The van der Waals surface area contributed by atoms with Crippen LogP contribution in [0.1, 0.15) is 43.9 Å². The molecule has 1 atom stereocenters. The maximum absolute atomic E-state index is 6.09. The van der Waals surface area contributed by atoms with Crippen LogP contribution in [0.25, 0.3) is 11.1 Å². The predicted molar refractivity (Wildman–Crippen MR) is 154 cm³/mol. The second-order valence-electron chi connectivity index (χ2n) is 8.72. The van der Waals surface area contributed by atoms with E-state index in [-0.39, 0.29) is 6.17 Å². The van der Waals surface area contributed by atoms with E-state index in [0.717, 1.165) is 34.4 Å². The van der Waals surface area contributed by atoms with E-state index in [4.69, 9.17) is 5.84 Å². The molecule has 2 aliphatic rings. The van der Waals surface area contributed by atoms with Gasteiger partial charge in [0.1, 0.15) is 6.17 Å². The molecule has 0 bridgehead atoms. The van der Waals surface area contributed by atoms with Crippen molar-refractivity contribution < 1.29 is 0 Å². The molecule has 1 heterocycles. The zero-order valence-electron chi connectivity index (χ0n) is 21.4. The summed E-state index contributed by atoms with van der Waals surface area (Å²) in [7, 11) is 0. The van der Waals surface area contributed by atoms with Crippen LogP contribution >= 0.6 is 0 Å². The highest BCUT2D eigenvalue weighted by atomic mass is 15.4. The van der Waals surface area contributed by atoms with Crippen molar-refractivity contribution in [3.63, 3.8) is 0 Å². The third-order valence-corrected chi connectivity index (χ3v) is 6.22. The summed E-state index contributed by atoms with van der Waals surface area (Å²) in [4.78, 5) is 2.18. The molecule has 0 aromatic heterocycles. The Morgan fingerprint density at radius 2 is 1.77 bits per heavy atom. The first-order chi connectivity index (χ1) is 16.9. The lowest BCUT2D eigenvalue weighted by Crippen LogP contribution is -2.48. The lowest BCUT2D eigenvalue weighted by Gasteiger charge is -2.34. The van der Waals surface area contributed by atoms with Gasteiger partial charge in [-0.15, -0.1) is 0 Å². The molecule has 3 nitrogen and oxygen atoms in total. The van der Waals surface area contributed by atoms with Gasteiger partial charge in [-0.05, 0) is 91.3 Å². The molecule has 3 rings (SSSR count). The zero-order valence-corrected chi connectivity index (χ0v) is 21.4. The van der Waals surface area contributed by atoms with Crippen LogP contribution in [-0.4, -0.2) is 6.17 Å². The summed E-state index contributed by atoms with van der Waals surface area (Å²) in [5, 5.41) is 0. The fourth-order valence-corrected chi connectivity index (χ4v) is 4.33. The molecule has 0 radical (unpaired) electrons. The van der Waals surface area contributed by atoms with Crippen LogP contribution in [0.3, 0.4) is 0 Å². The molecule has 0 amide bonds. The molecule has 0 spiro atoms. The molecule has 1 aromatic rings. The summed E-state index contributed by atoms with van der Waals surface area (Å²) in [6, 6.07) is 4.50. The van der Waals surface area contributed by atoms with Gasteiger partial charge >= 0.3 is 0 Å². The van der Waals surface area contributed by atoms with E-state index >= 15 is 0 Å². The predicted octanol–water partition coefficient (Wildman–Crippen LogP) is 7.61. The van der Waals surface area contributed by atoms with Crippen molar-refractivity contribution in [1.29, 1.82) is 0 Å². The number of hydrogen-bond donors (Lipinski definition) is 2. The monoisotopic (exact) mass is 463 g/mol. The first-order valence-corrected chi connectivity index (χ1v) is 12.0. The van der Waals surface area contributed by atoms with Gasteiger partial charge in [0.2, 0.25) is 0 Å². The van der Waals surface area contributed by atoms with E-state index in [1.54, 1.807) is 0 Å². The third kappa shape index (κ3) is 6.07. The summed E-state index contributed by atoms with van der Waals surface area (Å²) >= 11 is 0. The molecule has 0 saturated carbocycles. The number of anilines is 1. The number of benzene rings is 1. The first kappa shape index (κ1) is 26.0. The minimum absolute atomic E-state index is 0.231. The lowest BCUT2D eigenvalue weighted by atomic mass is 9.89. The minimum Gasteiger partial charge on any atom is -0.326 e. The molecule has 180 valence electrons. The summed E-state index contributed by atoms with van der Waals surface area (Å²) in [5.41, 5.74) is 12.9. The Bertz CT molecular complexity index is 1230. The number of nitrogens with zero attached hydrogens (tertiary/aromatic N) is 1. The maximum atomic E-state index is 6.09. The molecule has 1 aliphatic carbocycles. The van der Waals surface area contributed by atoms with Gasteiger partial charge in [-0.25, -0.2) is 5.43 Å². The molecule has 0 saturated heterocycles. The van der Waals surface area contributed by atoms with Gasteiger partial charge in [-0.1, -0.05) is 80.0 Å². The molecular formula is C32H37N3. The fourth-order valence-electron chi connectivity index (χ4n) is 4.33. The zero-order chi connectivity index (χ0) is 25.4. The van der Waals surface area contributed by atoms with Gasteiger partial charge in [-0.2, -0.15) is 0 Å². The van der Waals surface area contributed by atoms with Crippen LogP contribution in [-0.2, 0) is 0 Å². The number of aryl methyl sites for hydroxylation is 1. The van der Waals surface area contributed by atoms with Crippen molar-refractivity contribution in [2.75, 3.05) is 4.90 Å². The topological polar surface area (TPSA) is 41.3 Å². The Morgan fingerprint density at radius 3 is 2.49 bits per heavy atom. The molecular weight excluding hydrogens is 426 g/mol. The third-order valence-electron chi connectivity index (χ3n) is 6.22. The Morgan fingerprint density at radius 1 is 1.00 bits per heavy atom. The van der Waals surface area contributed by atoms with E-state index in [2.05, 4.69) is 110 Å². The first-order valence-electron chi connectivity index (χ1n) is 12.0. The van der Waals surface area contributed by atoms with Crippen molar-refractivity contribution in [2.24, 2.45) is 5.84 Å². The molecule has 1 unspecified atom stereocenters. The highest BCUT2D eigenvalue weighted by molar-refractivity contribution is 5.89. The number of fused-ring (bicyclic) bond motifs is 1. The number of hydrogen-bond acceptors (Lipinski definition) is 3. The van der Waals surface area contributed by atoms with Gasteiger partial charge in [0.25, 0.3) is 0 Å². The van der Waals surface area contributed by atoms with Crippen molar-refractivity contribution >= 4 is 16.8 Å². The summed E-state index contributed by atoms with van der Waals surface area (Å²) in [5.74, 6) is 6.09. The Kier molecular flexibility index (Phi) is 9.02. The van der Waals surface area contributed by atoms with Gasteiger partial charge in [-0.3, -0.25) is 5.84 Å². The lowest BCUT2D eigenvalue weighted by molar-refractivity contribution is 0.604. The van der Waals surface area contributed by atoms with Crippen LogP contribution in [0.15, 0.2) is 121 Å². The molecule has 1 aliphatic heterocycles. The standard InChI is InChI=1S/C32H37N3/c1-7-14-27(8-2)32(34-33)35-20-13-12-16-24(4)30-22-29(26(6)21-31(30)35)28-17-11-9-10-15-23(3)18-19-25(28)5/h7-8,10-22,32,34H,3-4,9,33H2,1-2,5-6H3/b14-7-,15-10-,16-12-,17-11?,19-18-,20-13-,27-8+,28-25+. The van der Waals surface area contributed by atoms with Crippen LogP contribution in [0.5, 0.6) is 0 Å². The van der Waals surface area contributed by atoms with Gasteiger partial charge in [0.05, 0.1) is 5.69 Å². The fraction of sp³-hybridized carbons (Fsp3) is 0.188. The van der Waals surface area contributed by atoms with E-state index in [0.29, 0.717) is 0 Å². The summed E-state index contributed by atoms with van der Waals surface area (Å²) < 4.78 is 0. The largest absolute Gasteiger partial charge is 0.326 e. The average Bonchev–Trinajstić information content (AvgIpc) is 2.84. The van der Waals surface area contributed by atoms with Crippen molar-refractivity contribution in [1.82, 2.24) is 5.43 Å². The number of hydrazine groups is 1. The van der Waals surface area contributed by atoms with Gasteiger partial charge < -0.3 is 4.90 Å². The SMILES string of the molecule is C=C1/C=C\CC=C/C(c2cc3c(cc2C)N(C(NN)C(/C=C\C)=C/C)/C=C\C=C/C3=C)=C(C)\C=C/1. The van der Waals surface area contributed by atoms with Gasteiger partial charge in [0.15, 0.2) is 0 Å². The second-order valence-corrected chi connectivity index (χ2v) is 8.72. The molecule has 3 heteroatoms. The highest BCUT2D eigenvalue weighted by Gasteiger charge is 2.23. The molecule has 35 heavy (non-hydrogen) atoms. The normalized spacial score (nSPS) is 23.5. The summed E-state index contributed by atoms with van der Waals surface area (Å²) in [6.07, 6.45) is 27.8. The Labute approximate surface area is 211 Å². The van der Waals surface area contributed by atoms with Crippen LogP contribution in [0.2, 0.25) is 0 Å². The van der Waals surface area contributed by atoms with E-state index in [9.17, 15) is 0 Å². The maximum Gasteiger partial charge on any atom is 0.122 e. The minimum atomic E-state index is -0.231. The second kappa shape index (κ2) is 12.2. The smallest absolute Gasteiger partial charge is 0.122 e. The van der Waals surface area contributed by atoms with Crippen LogP contribution in [0.4, 0.5) is 5.69 Å². The molecule has 0 fully saturated rings. The summed E-state index contributed by atoms with van der Waals surface area (Å²) in [6.45, 7) is 16.9. The van der Waals surface area contributed by atoms with Crippen molar-refractivity contribution in [2.45, 2.75) is 40.3 Å². The number of rotatable bonds is 5. The Hall–Kier alpha value is -3.66. The number of nitrogens with one attached hydrogen (secondary N) is 1. The van der Waals surface area contributed by atoms with Crippen molar-refractivity contribution in [3.05, 3.63) is 138 Å². The van der Waals surface area contributed by atoms with Crippen LogP contribution in [0, 0.1) is 6.92 Å². The average molecular weight is 464 g/mol. The van der Waals surface area contributed by atoms with Gasteiger partial charge in [0, 0.05) is 11.8 Å². The van der Waals surface area contributed by atoms with Crippen molar-refractivity contribution in [3.8, 4) is 0 Å².